The minimum atomic E-state index is -1.08. The van der Waals surface area contributed by atoms with Gasteiger partial charge in [-0.3, -0.25) is 4.90 Å². The second-order valence-electron chi connectivity index (χ2n) is 4.18. The Morgan fingerprint density at radius 1 is 1.43 bits per heavy atom. The quantitative estimate of drug-likeness (QED) is 0.520. The molecule has 1 fully saturated rings. The summed E-state index contributed by atoms with van der Waals surface area (Å²) in [5.41, 5.74) is 0. The van der Waals surface area contributed by atoms with E-state index in [9.17, 15) is 0 Å². The van der Waals surface area contributed by atoms with Crippen molar-refractivity contribution in [2.75, 3.05) is 46.8 Å². The Morgan fingerprint density at radius 3 is 2.07 bits per heavy atom. The summed E-state index contributed by atoms with van der Waals surface area (Å²) in [6.07, 6.45) is 0. The van der Waals surface area contributed by atoms with E-state index < -0.39 is 5.97 Å². The molecule has 1 heterocycles. The van der Waals surface area contributed by atoms with Crippen LogP contribution in [0.1, 0.15) is 13.8 Å². The minimum Gasteiger partial charge on any atom is -0.550 e. The van der Waals surface area contributed by atoms with Crippen molar-refractivity contribution in [2.45, 2.75) is 13.8 Å². The first-order valence-electron chi connectivity index (χ1n) is 5.09. The third kappa shape index (κ3) is 5.94. The molecule has 4 heteroatoms. The van der Waals surface area contributed by atoms with Gasteiger partial charge in [-0.25, -0.2) is 0 Å². The van der Waals surface area contributed by atoms with E-state index in [1.54, 1.807) is 0 Å². The Hall–Kier alpha value is -0.610. The van der Waals surface area contributed by atoms with Crippen molar-refractivity contribution in [1.29, 1.82) is 0 Å². The van der Waals surface area contributed by atoms with Gasteiger partial charge in [0.15, 0.2) is 0 Å². The summed E-state index contributed by atoms with van der Waals surface area (Å²) >= 11 is 0. The molecule has 0 atom stereocenters. The van der Waals surface area contributed by atoms with Crippen molar-refractivity contribution in [3.63, 3.8) is 0 Å². The number of carboxylic acids is 1. The van der Waals surface area contributed by atoms with Crippen molar-refractivity contribution in [3.05, 3.63) is 0 Å². The topological polar surface area (TPSA) is 43.4 Å². The predicted octanol–water partition coefficient (Wildman–Crippen LogP) is -0.845. The van der Waals surface area contributed by atoms with Gasteiger partial charge in [-0.2, -0.15) is 0 Å². The number of carbonyl (C=O) groups is 1. The zero-order valence-corrected chi connectivity index (χ0v) is 9.75. The van der Waals surface area contributed by atoms with Gasteiger partial charge < -0.3 is 14.4 Å². The van der Waals surface area contributed by atoms with Crippen LogP contribution in [0.15, 0.2) is 0 Å². The first-order valence-corrected chi connectivity index (χ1v) is 5.09. The molecule has 0 aliphatic carbocycles. The van der Waals surface area contributed by atoms with Gasteiger partial charge in [-0.15, -0.1) is 0 Å². The number of hydrogen-bond donors (Lipinski definition) is 0. The van der Waals surface area contributed by atoms with E-state index >= 15 is 0 Å². The van der Waals surface area contributed by atoms with Crippen LogP contribution in [0, 0.1) is 0 Å². The number of hydrogen-bond acceptors (Lipinski definition) is 3. The molecule has 0 bridgehead atoms. The average Bonchev–Trinajstić information content (AvgIpc) is 2.10. The lowest BCUT2D eigenvalue weighted by Gasteiger charge is -2.40. The number of quaternary nitrogens is 1. The van der Waals surface area contributed by atoms with Crippen LogP contribution in [0.2, 0.25) is 0 Å². The van der Waals surface area contributed by atoms with E-state index in [1.165, 1.54) is 37.2 Å². The number of nitrogens with zero attached hydrogens (tertiary/aromatic N) is 2. The number of piperazine rings is 1. The van der Waals surface area contributed by atoms with Gasteiger partial charge >= 0.3 is 0 Å². The third-order valence-corrected chi connectivity index (χ3v) is 2.81. The summed E-state index contributed by atoms with van der Waals surface area (Å²) in [6, 6.07) is 0. The number of carboxylic acid groups (broad SMARTS) is 1. The highest BCUT2D eigenvalue weighted by molar-refractivity contribution is 5.60. The first-order chi connectivity index (χ1) is 6.39. The Balaban J connectivity index is 0.000000364. The molecule has 0 aromatic carbocycles. The fraction of sp³-hybridized carbons (Fsp3) is 0.900. The van der Waals surface area contributed by atoms with Gasteiger partial charge in [-0.05, 0) is 20.9 Å². The smallest absolute Gasteiger partial charge is 0.0914 e. The van der Waals surface area contributed by atoms with Crippen LogP contribution in [-0.2, 0) is 4.79 Å². The van der Waals surface area contributed by atoms with Gasteiger partial charge in [0, 0.05) is 19.1 Å². The number of carbonyl (C=O) groups excluding carboxylic acids is 1. The molecule has 0 amide bonds. The highest BCUT2D eigenvalue weighted by atomic mass is 16.4. The maximum Gasteiger partial charge on any atom is 0.0914 e. The van der Waals surface area contributed by atoms with Gasteiger partial charge in [0.05, 0.1) is 26.7 Å². The van der Waals surface area contributed by atoms with Gasteiger partial charge in [0.25, 0.3) is 0 Å². The molecule has 1 saturated heterocycles. The lowest BCUT2D eigenvalue weighted by molar-refractivity contribution is -0.911. The summed E-state index contributed by atoms with van der Waals surface area (Å²) in [4.78, 5) is 11.3. The third-order valence-electron chi connectivity index (χ3n) is 2.81. The summed E-state index contributed by atoms with van der Waals surface area (Å²) < 4.78 is 1.27. The van der Waals surface area contributed by atoms with Crippen LogP contribution < -0.4 is 5.11 Å². The Labute approximate surface area is 86.7 Å². The molecule has 0 radical (unpaired) electrons. The van der Waals surface area contributed by atoms with Crippen molar-refractivity contribution < 1.29 is 14.4 Å². The molecule has 14 heavy (non-hydrogen) atoms. The summed E-state index contributed by atoms with van der Waals surface area (Å²) in [6.45, 7) is 9.73. The van der Waals surface area contributed by atoms with Crippen LogP contribution in [-0.4, -0.2) is 62.2 Å². The average molecular weight is 202 g/mol. The van der Waals surface area contributed by atoms with Crippen molar-refractivity contribution in [2.24, 2.45) is 0 Å². The molecular weight excluding hydrogens is 180 g/mol. The summed E-state index contributed by atoms with van der Waals surface area (Å²) in [5.74, 6) is -1.08. The molecule has 0 N–H and O–H groups in total. The fourth-order valence-corrected chi connectivity index (χ4v) is 1.36. The van der Waals surface area contributed by atoms with Crippen LogP contribution >= 0.6 is 0 Å². The van der Waals surface area contributed by atoms with E-state index in [4.69, 9.17) is 9.90 Å². The Bertz CT molecular complexity index is 171. The molecule has 1 rings (SSSR count). The highest BCUT2D eigenvalue weighted by Gasteiger charge is 2.24. The number of likely N-dealkylation sites (N-methyl/N-ethyl adjacent to an activating group) is 2. The van der Waals surface area contributed by atoms with E-state index in [1.807, 2.05) is 0 Å². The Morgan fingerprint density at radius 2 is 1.79 bits per heavy atom. The van der Waals surface area contributed by atoms with Crippen molar-refractivity contribution in [3.8, 4) is 0 Å². The minimum absolute atomic E-state index is 0.972. The summed E-state index contributed by atoms with van der Waals surface area (Å²) in [7, 11) is 4.56. The van der Waals surface area contributed by atoms with Crippen molar-refractivity contribution >= 4 is 5.97 Å². The van der Waals surface area contributed by atoms with E-state index in [2.05, 4.69) is 25.9 Å². The fourth-order valence-electron chi connectivity index (χ4n) is 1.36. The molecule has 1 aliphatic rings. The van der Waals surface area contributed by atoms with Gasteiger partial charge in [0.1, 0.15) is 0 Å². The molecule has 0 saturated carbocycles. The van der Waals surface area contributed by atoms with E-state index in [-0.39, 0.29) is 0 Å². The second kappa shape index (κ2) is 5.98. The van der Waals surface area contributed by atoms with Gasteiger partial charge in [0.2, 0.25) is 0 Å². The van der Waals surface area contributed by atoms with E-state index in [0.717, 1.165) is 6.92 Å². The molecule has 0 unspecified atom stereocenters. The van der Waals surface area contributed by atoms with Crippen LogP contribution in [0.25, 0.3) is 0 Å². The molecule has 0 aromatic heterocycles. The highest BCUT2D eigenvalue weighted by Crippen LogP contribution is 2.06. The van der Waals surface area contributed by atoms with Gasteiger partial charge in [-0.1, -0.05) is 0 Å². The molecule has 0 aromatic rings. The molecule has 84 valence electrons. The zero-order chi connectivity index (χ0) is 11.2. The molecular formula is C10H22N2O2. The second-order valence-corrected chi connectivity index (χ2v) is 4.18. The first kappa shape index (κ1) is 13.4. The molecule has 0 spiro atoms. The largest absolute Gasteiger partial charge is 0.550 e. The summed E-state index contributed by atoms with van der Waals surface area (Å²) in [5, 5.41) is 8.89. The lowest BCUT2D eigenvalue weighted by atomic mass is 10.3. The van der Waals surface area contributed by atoms with Crippen LogP contribution in [0.4, 0.5) is 0 Å². The maximum absolute atomic E-state index is 8.89. The SMILES string of the molecule is CC(=O)[O-].CC[N+]1(C)CCN(C)CC1. The molecule has 1 aliphatic heterocycles. The number of rotatable bonds is 1. The zero-order valence-electron chi connectivity index (χ0n) is 9.75. The maximum atomic E-state index is 8.89. The Kier molecular flexibility index (Phi) is 5.72. The normalized spacial score (nSPS) is 20.9. The standard InChI is InChI=1S/C8H19N2.C2H4O2/c1-4-10(3)7-5-9(2)6-8-10;1-2(3)4/h4-8H2,1-3H3;1H3,(H,3,4)/q+1;/p-1. The van der Waals surface area contributed by atoms with E-state index in [0.29, 0.717) is 0 Å². The lowest BCUT2D eigenvalue weighted by Crippen LogP contribution is -2.56. The van der Waals surface area contributed by atoms with Crippen molar-refractivity contribution in [1.82, 2.24) is 4.90 Å². The van der Waals surface area contributed by atoms with Crippen LogP contribution in [0.3, 0.4) is 0 Å². The number of aliphatic carboxylic acids is 1. The predicted molar refractivity (Wildman–Crippen MR) is 54.6 cm³/mol. The van der Waals surface area contributed by atoms with Crippen LogP contribution in [0.5, 0.6) is 0 Å². The molecule has 4 nitrogen and oxygen atoms in total. The monoisotopic (exact) mass is 202 g/mol.